The summed E-state index contributed by atoms with van der Waals surface area (Å²) >= 11 is 0. The van der Waals surface area contributed by atoms with Crippen molar-refractivity contribution in [2.75, 3.05) is 0 Å². The normalized spacial score (nSPS) is 23.2. The predicted octanol–water partition coefficient (Wildman–Crippen LogP) is 7.25. The van der Waals surface area contributed by atoms with Gasteiger partial charge < -0.3 is 5.11 Å². The Morgan fingerprint density at radius 3 is 2.86 bits per heavy atom. The summed E-state index contributed by atoms with van der Waals surface area (Å²) in [5.41, 5.74) is 1.37. The minimum absolute atomic E-state index is 0.326. The van der Waals surface area contributed by atoms with Crippen molar-refractivity contribution in [1.82, 2.24) is 0 Å². The number of aliphatic hydroxyl groups excluding tert-OH is 1. The molecule has 1 fully saturated rings. The molecule has 2 heteroatoms. The average molecular weight is 399 g/mol. The molecular formula is C27H42O2. The van der Waals surface area contributed by atoms with Crippen LogP contribution >= 0.6 is 0 Å². The molecule has 0 unspecified atom stereocenters. The number of carbonyl (C=O) groups is 1. The van der Waals surface area contributed by atoms with Gasteiger partial charge in [0.25, 0.3) is 0 Å². The van der Waals surface area contributed by atoms with E-state index in [1.54, 1.807) is 0 Å². The highest BCUT2D eigenvalue weighted by molar-refractivity contribution is 5.78. The number of aliphatic hydroxyl groups is 1. The average Bonchev–Trinajstić information content (AvgIpc) is 3.19. The maximum absolute atomic E-state index is 11.7. The van der Waals surface area contributed by atoms with Gasteiger partial charge in [0.05, 0.1) is 6.10 Å². The molecular weight excluding hydrogens is 356 g/mol. The first-order valence-corrected chi connectivity index (χ1v) is 12.1. The summed E-state index contributed by atoms with van der Waals surface area (Å²) in [6, 6.07) is 0. The molecule has 2 aliphatic rings. The Bertz CT molecular complexity index is 581. The molecule has 0 aromatic heterocycles. The highest BCUT2D eigenvalue weighted by Crippen LogP contribution is 2.35. The van der Waals surface area contributed by atoms with Crippen molar-refractivity contribution < 1.29 is 9.90 Å². The Hall–Kier alpha value is -1.41. The molecule has 2 rings (SSSR count). The maximum Gasteiger partial charge on any atom is 0.132 e. The molecule has 1 N–H and O–H groups in total. The number of hydrogen-bond donors (Lipinski definition) is 1. The van der Waals surface area contributed by atoms with Crippen molar-refractivity contribution in [2.24, 2.45) is 11.8 Å². The summed E-state index contributed by atoms with van der Waals surface area (Å²) in [6.45, 7) is 2.13. The lowest BCUT2D eigenvalue weighted by Gasteiger charge is -2.15. The number of rotatable bonds is 14. The van der Waals surface area contributed by atoms with Crippen molar-refractivity contribution in [2.45, 2.75) is 103 Å². The molecule has 2 aliphatic carbocycles. The Kier molecular flexibility index (Phi) is 12.0. The van der Waals surface area contributed by atoms with Crippen LogP contribution in [0.5, 0.6) is 0 Å². The molecule has 0 aliphatic heterocycles. The SMILES string of the molecule is CCCCC(=O)CCC/C=C\C[C@H]1CCC[C@@H]1/C=C/[C@@H](O)CCC1=CCCC=C1. The van der Waals surface area contributed by atoms with Crippen LogP contribution < -0.4 is 0 Å². The Balaban J connectivity index is 1.61. The monoisotopic (exact) mass is 398 g/mol. The summed E-state index contributed by atoms with van der Waals surface area (Å²) in [5, 5.41) is 10.3. The van der Waals surface area contributed by atoms with Gasteiger partial charge in [0.15, 0.2) is 0 Å². The fourth-order valence-electron chi connectivity index (χ4n) is 4.45. The zero-order valence-electron chi connectivity index (χ0n) is 18.5. The van der Waals surface area contributed by atoms with E-state index >= 15 is 0 Å². The molecule has 0 aromatic rings. The molecule has 0 heterocycles. The quantitative estimate of drug-likeness (QED) is 0.247. The third-order valence-electron chi connectivity index (χ3n) is 6.34. The molecule has 2 nitrogen and oxygen atoms in total. The van der Waals surface area contributed by atoms with E-state index in [4.69, 9.17) is 0 Å². The first kappa shape index (κ1) is 23.9. The second kappa shape index (κ2) is 14.6. The van der Waals surface area contributed by atoms with Crippen molar-refractivity contribution in [3.8, 4) is 0 Å². The first-order chi connectivity index (χ1) is 14.2. The van der Waals surface area contributed by atoms with E-state index in [-0.39, 0.29) is 6.10 Å². The van der Waals surface area contributed by atoms with Crippen LogP contribution in [0.15, 0.2) is 48.1 Å². The summed E-state index contributed by atoms with van der Waals surface area (Å²) in [5.74, 6) is 1.75. The highest BCUT2D eigenvalue weighted by atomic mass is 16.3. The lowest BCUT2D eigenvalue weighted by atomic mass is 9.91. The van der Waals surface area contributed by atoms with E-state index in [2.05, 4.69) is 43.4 Å². The molecule has 0 aromatic carbocycles. The zero-order chi connectivity index (χ0) is 20.7. The van der Waals surface area contributed by atoms with Gasteiger partial charge in [0.1, 0.15) is 5.78 Å². The van der Waals surface area contributed by atoms with E-state index in [1.165, 1.54) is 24.8 Å². The second-order valence-corrected chi connectivity index (χ2v) is 8.85. The summed E-state index contributed by atoms with van der Waals surface area (Å²) in [7, 11) is 0. The van der Waals surface area contributed by atoms with E-state index < -0.39 is 0 Å². The number of hydrogen-bond acceptors (Lipinski definition) is 2. The minimum atomic E-state index is -0.326. The Morgan fingerprint density at radius 1 is 1.21 bits per heavy atom. The Labute approximate surface area is 178 Å². The molecule has 162 valence electrons. The van der Waals surface area contributed by atoms with E-state index in [1.807, 2.05) is 6.08 Å². The topological polar surface area (TPSA) is 37.3 Å². The maximum atomic E-state index is 11.7. The number of unbranched alkanes of at least 4 members (excludes halogenated alkanes) is 2. The number of carbonyl (C=O) groups excluding carboxylic acids is 1. The van der Waals surface area contributed by atoms with Crippen molar-refractivity contribution in [3.63, 3.8) is 0 Å². The summed E-state index contributed by atoms with van der Waals surface area (Å²) < 4.78 is 0. The smallest absolute Gasteiger partial charge is 0.132 e. The molecule has 0 radical (unpaired) electrons. The van der Waals surface area contributed by atoms with E-state index in [0.717, 1.165) is 70.6 Å². The molecule has 29 heavy (non-hydrogen) atoms. The van der Waals surface area contributed by atoms with Crippen LogP contribution in [0.2, 0.25) is 0 Å². The lowest BCUT2D eigenvalue weighted by molar-refractivity contribution is -0.119. The van der Waals surface area contributed by atoms with Gasteiger partial charge in [0.2, 0.25) is 0 Å². The zero-order valence-corrected chi connectivity index (χ0v) is 18.5. The van der Waals surface area contributed by atoms with Crippen LogP contribution in [0.3, 0.4) is 0 Å². The van der Waals surface area contributed by atoms with E-state index in [9.17, 15) is 9.90 Å². The van der Waals surface area contributed by atoms with Crippen LogP contribution in [0.1, 0.15) is 96.8 Å². The van der Waals surface area contributed by atoms with Gasteiger partial charge in [-0.3, -0.25) is 4.79 Å². The third kappa shape index (κ3) is 10.3. The van der Waals surface area contributed by atoms with Crippen molar-refractivity contribution in [1.29, 1.82) is 0 Å². The molecule has 3 atom stereocenters. The van der Waals surface area contributed by atoms with Crippen LogP contribution in [0.25, 0.3) is 0 Å². The molecule has 0 amide bonds. The van der Waals surface area contributed by atoms with Gasteiger partial charge in [-0.2, -0.15) is 0 Å². The number of ketones is 1. The van der Waals surface area contributed by atoms with Gasteiger partial charge >= 0.3 is 0 Å². The number of allylic oxidation sites excluding steroid dienone is 7. The van der Waals surface area contributed by atoms with Gasteiger partial charge in [-0.25, -0.2) is 0 Å². The summed E-state index contributed by atoms with van der Waals surface area (Å²) in [6.07, 6.45) is 30.1. The third-order valence-corrected chi connectivity index (χ3v) is 6.34. The van der Waals surface area contributed by atoms with Crippen molar-refractivity contribution >= 4 is 5.78 Å². The van der Waals surface area contributed by atoms with Gasteiger partial charge in [-0.15, -0.1) is 0 Å². The van der Waals surface area contributed by atoms with Crippen LogP contribution in [0, 0.1) is 11.8 Å². The minimum Gasteiger partial charge on any atom is -0.389 e. The van der Waals surface area contributed by atoms with Crippen LogP contribution in [-0.4, -0.2) is 17.0 Å². The number of Topliss-reactive ketones (excluding diaryl/α,β-unsaturated/α-hetero) is 1. The summed E-state index contributed by atoms with van der Waals surface area (Å²) in [4.78, 5) is 11.7. The van der Waals surface area contributed by atoms with Gasteiger partial charge in [0, 0.05) is 12.8 Å². The second-order valence-electron chi connectivity index (χ2n) is 8.85. The Morgan fingerprint density at radius 2 is 2.07 bits per heavy atom. The fourth-order valence-corrected chi connectivity index (χ4v) is 4.45. The van der Waals surface area contributed by atoms with E-state index in [0.29, 0.717) is 17.6 Å². The largest absolute Gasteiger partial charge is 0.389 e. The first-order valence-electron chi connectivity index (χ1n) is 12.1. The van der Waals surface area contributed by atoms with Crippen molar-refractivity contribution in [3.05, 3.63) is 48.1 Å². The molecule has 0 bridgehead atoms. The lowest BCUT2D eigenvalue weighted by Crippen LogP contribution is -2.07. The highest BCUT2D eigenvalue weighted by Gasteiger charge is 2.24. The fraction of sp³-hybridized carbons (Fsp3) is 0.667. The standard InChI is InChI=1S/C27H42O2/c1-2-3-17-26(28)18-10-5-4-9-14-24-15-11-16-25(24)20-22-27(29)21-19-23-12-7-6-8-13-23/h4,7,9,12-13,20,22,24-25,27,29H,2-3,5-6,8,10-11,14-19,21H2,1H3/b9-4-,22-20+/t24-,25+,27-/m0/s1. The predicted molar refractivity (Wildman–Crippen MR) is 124 cm³/mol. The van der Waals surface area contributed by atoms with Crippen LogP contribution in [0.4, 0.5) is 0 Å². The molecule has 0 spiro atoms. The molecule has 0 saturated heterocycles. The van der Waals surface area contributed by atoms with Crippen LogP contribution in [-0.2, 0) is 4.79 Å². The van der Waals surface area contributed by atoms with Gasteiger partial charge in [-0.1, -0.05) is 67.9 Å². The van der Waals surface area contributed by atoms with Gasteiger partial charge in [-0.05, 0) is 76.0 Å². The molecule has 1 saturated carbocycles.